The highest BCUT2D eigenvalue weighted by molar-refractivity contribution is 5.81. The van der Waals surface area contributed by atoms with Crippen LogP contribution in [-0.4, -0.2) is 50.4 Å². The molecule has 5 rings (SSSR count). The molecule has 240 valence electrons. The summed E-state index contributed by atoms with van der Waals surface area (Å²) in [6, 6.07) is 39.6. The number of ether oxygens (including phenoxy) is 7. The molecular weight excluding hydrogens is 584 g/mol. The summed E-state index contributed by atoms with van der Waals surface area (Å²) in [5.41, 5.74) is 4.02. The van der Waals surface area contributed by atoms with Crippen LogP contribution in [0.5, 0.6) is 0 Å². The molecule has 1 aliphatic rings. The van der Waals surface area contributed by atoms with Gasteiger partial charge < -0.3 is 33.2 Å². The second kappa shape index (κ2) is 18.0. The van der Waals surface area contributed by atoms with E-state index in [-0.39, 0.29) is 13.2 Å². The quantitative estimate of drug-likeness (QED) is 0.0807. The number of hydrogen-bond donors (Lipinski definition) is 0. The summed E-state index contributed by atoms with van der Waals surface area (Å²) in [6.45, 7) is 1.51. The minimum atomic E-state index is -0.952. The zero-order valence-electron chi connectivity index (χ0n) is 25.9. The van der Waals surface area contributed by atoms with Crippen molar-refractivity contribution in [1.29, 1.82) is 0 Å². The predicted octanol–water partition coefficient (Wildman–Crippen LogP) is 6.39. The first-order valence-corrected chi connectivity index (χ1v) is 15.3. The number of rotatable bonds is 16. The third-order valence-electron chi connectivity index (χ3n) is 7.46. The SMILES string of the molecule is COC(=O)/C=C/OC1O[C@H](COCc2ccccc2)[C@@H](OCc2ccccc2)[C@H](OCc2ccccc2)[C@H]1OCc1ccccc1. The molecule has 8 nitrogen and oxygen atoms in total. The van der Waals surface area contributed by atoms with Crippen molar-refractivity contribution in [2.45, 2.75) is 57.1 Å². The fourth-order valence-electron chi connectivity index (χ4n) is 5.10. The molecular formula is C38H40O8. The molecule has 0 N–H and O–H groups in total. The monoisotopic (exact) mass is 624 g/mol. The van der Waals surface area contributed by atoms with E-state index in [0.717, 1.165) is 22.3 Å². The lowest BCUT2D eigenvalue weighted by Crippen LogP contribution is -2.61. The highest BCUT2D eigenvalue weighted by atomic mass is 16.7. The van der Waals surface area contributed by atoms with E-state index < -0.39 is 36.7 Å². The molecule has 1 aliphatic heterocycles. The summed E-state index contributed by atoms with van der Waals surface area (Å²) in [6.07, 6.45) is -1.06. The Morgan fingerprint density at radius 3 is 1.52 bits per heavy atom. The van der Waals surface area contributed by atoms with E-state index in [9.17, 15) is 4.79 Å². The maximum absolute atomic E-state index is 11.9. The lowest BCUT2D eigenvalue weighted by molar-refractivity contribution is -0.318. The summed E-state index contributed by atoms with van der Waals surface area (Å²) in [5.74, 6) is -0.554. The van der Waals surface area contributed by atoms with Gasteiger partial charge in [0, 0.05) is 0 Å². The normalized spacial score (nSPS) is 21.2. The first-order valence-electron chi connectivity index (χ1n) is 15.3. The van der Waals surface area contributed by atoms with Gasteiger partial charge in [0.1, 0.15) is 24.4 Å². The van der Waals surface area contributed by atoms with Gasteiger partial charge in [0.05, 0.1) is 52.5 Å². The van der Waals surface area contributed by atoms with Gasteiger partial charge in [-0.15, -0.1) is 0 Å². The van der Waals surface area contributed by atoms with E-state index in [1.807, 2.05) is 121 Å². The molecule has 1 unspecified atom stereocenters. The van der Waals surface area contributed by atoms with Crippen LogP contribution in [0.1, 0.15) is 22.3 Å². The van der Waals surface area contributed by atoms with Gasteiger partial charge in [0.15, 0.2) is 0 Å². The fraction of sp³-hybridized carbons (Fsp3) is 0.289. The minimum Gasteiger partial charge on any atom is -0.469 e. The molecule has 0 bridgehead atoms. The smallest absolute Gasteiger partial charge is 0.333 e. The Bertz CT molecular complexity index is 1450. The standard InChI is InChI=1S/C38H40O8/c1-40-34(39)22-23-42-38-37(45-27-32-20-12-5-13-21-32)36(44-26-31-18-10-4-11-19-31)35(43-25-30-16-8-3-9-17-30)33(46-38)28-41-24-29-14-6-2-7-15-29/h2-23,33,35-38H,24-28H2,1H3/b23-22+/t33-,35-,36+,37-,38?/m1/s1. The van der Waals surface area contributed by atoms with Crippen molar-refractivity contribution in [3.05, 3.63) is 156 Å². The number of carbonyl (C=O) groups excluding carboxylic acids is 1. The van der Waals surface area contributed by atoms with E-state index in [0.29, 0.717) is 19.8 Å². The van der Waals surface area contributed by atoms with E-state index in [1.54, 1.807) is 0 Å². The molecule has 1 heterocycles. The molecule has 0 amide bonds. The zero-order chi connectivity index (χ0) is 31.8. The lowest BCUT2D eigenvalue weighted by atomic mass is 9.97. The molecule has 8 heteroatoms. The van der Waals surface area contributed by atoms with Crippen LogP contribution in [0.4, 0.5) is 0 Å². The minimum absolute atomic E-state index is 0.200. The van der Waals surface area contributed by atoms with E-state index in [2.05, 4.69) is 0 Å². The molecule has 0 aromatic heterocycles. The van der Waals surface area contributed by atoms with Crippen molar-refractivity contribution in [3.8, 4) is 0 Å². The number of carbonyl (C=O) groups is 1. The van der Waals surface area contributed by atoms with Gasteiger partial charge in [-0.25, -0.2) is 4.79 Å². The predicted molar refractivity (Wildman–Crippen MR) is 172 cm³/mol. The average molecular weight is 625 g/mol. The number of benzene rings is 4. The van der Waals surface area contributed by atoms with Crippen molar-refractivity contribution < 1.29 is 38.0 Å². The zero-order valence-corrected chi connectivity index (χ0v) is 25.9. The van der Waals surface area contributed by atoms with Gasteiger partial charge in [0.25, 0.3) is 0 Å². The highest BCUT2D eigenvalue weighted by Crippen LogP contribution is 2.32. The van der Waals surface area contributed by atoms with Crippen LogP contribution in [-0.2, 0) is 64.4 Å². The van der Waals surface area contributed by atoms with E-state index in [4.69, 9.17) is 33.2 Å². The summed E-state index contributed by atoms with van der Waals surface area (Å²) in [5, 5.41) is 0. The topological polar surface area (TPSA) is 81.7 Å². The van der Waals surface area contributed by atoms with Crippen LogP contribution in [0.2, 0.25) is 0 Å². The molecule has 4 aromatic rings. The summed E-state index contributed by atoms with van der Waals surface area (Å²) < 4.78 is 43.3. The van der Waals surface area contributed by atoms with Gasteiger partial charge in [-0.05, 0) is 22.3 Å². The molecule has 5 atom stereocenters. The average Bonchev–Trinajstić information content (AvgIpc) is 3.11. The third kappa shape index (κ3) is 10.1. The Morgan fingerprint density at radius 2 is 1.04 bits per heavy atom. The maximum Gasteiger partial charge on any atom is 0.333 e. The number of hydrogen-bond acceptors (Lipinski definition) is 8. The number of methoxy groups -OCH3 is 1. The van der Waals surface area contributed by atoms with Gasteiger partial charge >= 0.3 is 5.97 Å². The fourth-order valence-corrected chi connectivity index (χ4v) is 5.10. The Labute approximate surface area is 270 Å². The van der Waals surface area contributed by atoms with Crippen LogP contribution < -0.4 is 0 Å². The van der Waals surface area contributed by atoms with Gasteiger partial charge in [0.2, 0.25) is 6.29 Å². The molecule has 1 saturated heterocycles. The van der Waals surface area contributed by atoms with Crippen molar-refractivity contribution in [1.82, 2.24) is 0 Å². The van der Waals surface area contributed by atoms with Crippen molar-refractivity contribution in [3.63, 3.8) is 0 Å². The number of esters is 1. The Balaban J connectivity index is 1.44. The first-order chi connectivity index (χ1) is 22.7. The third-order valence-corrected chi connectivity index (χ3v) is 7.46. The first kappa shape index (κ1) is 33.1. The van der Waals surface area contributed by atoms with E-state index in [1.165, 1.54) is 19.4 Å². The van der Waals surface area contributed by atoms with Crippen LogP contribution in [0.25, 0.3) is 0 Å². The summed E-state index contributed by atoms with van der Waals surface area (Å²) >= 11 is 0. The Hall–Kier alpha value is -4.31. The van der Waals surface area contributed by atoms with Crippen molar-refractivity contribution >= 4 is 5.97 Å². The largest absolute Gasteiger partial charge is 0.469 e. The van der Waals surface area contributed by atoms with E-state index >= 15 is 0 Å². The lowest BCUT2D eigenvalue weighted by Gasteiger charge is -2.45. The summed E-state index contributed by atoms with van der Waals surface area (Å²) in [7, 11) is 1.30. The van der Waals surface area contributed by atoms with Gasteiger partial charge in [-0.3, -0.25) is 0 Å². The van der Waals surface area contributed by atoms with Crippen LogP contribution in [0.15, 0.2) is 134 Å². The molecule has 0 saturated carbocycles. The van der Waals surface area contributed by atoms with Gasteiger partial charge in [-0.2, -0.15) is 0 Å². The molecule has 0 aliphatic carbocycles. The maximum atomic E-state index is 11.9. The molecule has 46 heavy (non-hydrogen) atoms. The molecule has 1 fully saturated rings. The second-order valence-corrected chi connectivity index (χ2v) is 10.8. The Kier molecular flexibility index (Phi) is 12.9. The van der Waals surface area contributed by atoms with Crippen molar-refractivity contribution in [2.24, 2.45) is 0 Å². The highest BCUT2D eigenvalue weighted by Gasteiger charge is 2.49. The van der Waals surface area contributed by atoms with Crippen LogP contribution in [0, 0.1) is 0 Å². The second-order valence-electron chi connectivity index (χ2n) is 10.8. The Morgan fingerprint density at radius 1 is 0.609 bits per heavy atom. The van der Waals surface area contributed by atoms with Gasteiger partial charge in [-0.1, -0.05) is 121 Å². The molecule has 0 radical (unpaired) electrons. The molecule has 4 aromatic carbocycles. The van der Waals surface area contributed by atoms with Crippen LogP contribution in [0.3, 0.4) is 0 Å². The summed E-state index contributed by atoms with van der Waals surface area (Å²) in [4.78, 5) is 11.9. The van der Waals surface area contributed by atoms with Crippen molar-refractivity contribution in [2.75, 3.05) is 13.7 Å². The van der Waals surface area contributed by atoms with Crippen LogP contribution >= 0.6 is 0 Å². The molecule has 0 spiro atoms.